The predicted molar refractivity (Wildman–Crippen MR) is 90.4 cm³/mol. The first-order chi connectivity index (χ1) is 11.6. The van der Waals surface area contributed by atoms with Crippen LogP contribution in [0.4, 0.5) is 5.69 Å². The van der Waals surface area contributed by atoms with E-state index in [1.807, 2.05) is 0 Å². The molecule has 0 spiro atoms. The molecule has 118 valence electrons. The summed E-state index contributed by atoms with van der Waals surface area (Å²) in [5, 5.41) is 15.1. The van der Waals surface area contributed by atoms with Crippen LogP contribution in [0.5, 0.6) is 0 Å². The smallest absolute Gasteiger partial charge is 0.266 e. The SMILES string of the molecule is O=c1c2cc(Br)nn2c2cccnc2n1-c1ccc([N+](=O)[O-])cc1. The summed E-state index contributed by atoms with van der Waals surface area (Å²) in [6.07, 6.45) is 1.58. The van der Waals surface area contributed by atoms with Gasteiger partial charge in [-0.3, -0.25) is 19.5 Å². The number of fused-ring (bicyclic) bond motifs is 3. The summed E-state index contributed by atoms with van der Waals surface area (Å²) in [4.78, 5) is 27.5. The summed E-state index contributed by atoms with van der Waals surface area (Å²) >= 11 is 3.28. The first-order valence-corrected chi connectivity index (χ1v) is 7.65. The number of nitrogens with zero attached hydrogens (tertiary/aromatic N) is 5. The zero-order chi connectivity index (χ0) is 16.8. The minimum absolute atomic E-state index is 0.0442. The highest BCUT2D eigenvalue weighted by atomic mass is 79.9. The number of rotatable bonds is 2. The van der Waals surface area contributed by atoms with Crippen LogP contribution in [0.3, 0.4) is 0 Å². The van der Waals surface area contributed by atoms with Gasteiger partial charge in [-0.05, 0) is 40.2 Å². The van der Waals surface area contributed by atoms with Gasteiger partial charge in [0.15, 0.2) is 5.65 Å². The Morgan fingerprint density at radius 2 is 1.88 bits per heavy atom. The molecule has 0 amide bonds. The van der Waals surface area contributed by atoms with Crippen molar-refractivity contribution in [2.45, 2.75) is 0 Å². The van der Waals surface area contributed by atoms with Gasteiger partial charge in [0.1, 0.15) is 15.6 Å². The lowest BCUT2D eigenvalue weighted by Crippen LogP contribution is -2.22. The Labute approximate surface area is 142 Å². The van der Waals surface area contributed by atoms with Gasteiger partial charge in [0, 0.05) is 24.4 Å². The van der Waals surface area contributed by atoms with Gasteiger partial charge in [0.25, 0.3) is 11.2 Å². The Morgan fingerprint density at radius 1 is 1.12 bits per heavy atom. The van der Waals surface area contributed by atoms with Crippen LogP contribution in [0.2, 0.25) is 0 Å². The molecule has 3 heterocycles. The molecule has 0 bridgehead atoms. The normalized spacial score (nSPS) is 11.2. The number of aromatic nitrogens is 4. The maximum absolute atomic E-state index is 12.9. The summed E-state index contributed by atoms with van der Waals surface area (Å²) in [5.74, 6) is 0. The number of halogens is 1. The van der Waals surface area contributed by atoms with Crippen molar-refractivity contribution in [2.24, 2.45) is 0 Å². The molecule has 3 aromatic heterocycles. The molecule has 4 aromatic rings. The third kappa shape index (κ3) is 2.09. The second-order valence-corrected chi connectivity index (χ2v) is 5.84. The van der Waals surface area contributed by atoms with E-state index in [4.69, 9.17) is 0 Å². The van der Waals surface area contributed by atoms with Crippen LogP contribution in [0, 0.1) is 10.1 Å². The molecule has 0 aliphatic heterocycles. The van der Waals surface area contributed by atoms with E-state index in [-0.39, 0.29) is 11.2 Å². The fourth-order valence-corrected chi connectivity index (χ4v) is 2.96. The fourth-order valence-electron chi connectivity index (χ4n) is 2.59. The number of hydrogen-bond acceptors (Lipinski definition) is 5. The predicted octanol–water partition coefficient (Wildman–Crippen LogP) is 2.70. The molecule has 0 unspecified atom stereocenters. The molecule has 0 aliphatic carbocycles. The molecular formula is C15H8BrN5O3. The Bertz CT molecular complexity index is 1160. The largest absolute Gasteiger partial charge is 0.282 e. The third-order valence-electron chi connectivity index (χ3n) is 3.63. The summed E-state index contributed by atoms with van der Waals surface area (Å²) in [6.45, 7) is 0. The third-order valence-corrected chi connectivity index (χ3v) is 4.01. The van der Waals surface area contributed by atoms with E-state index in [0.29, 0.717) is 27.0 Å². The van der Waals surface area contributed by atoms with Crippen LogP contribution in [0.15, 0.2) is 58.1 Å². The van der Waals surface area contributed by atoms with Crippen molar-refractivity contribution in [3.63, 3.8) is 0 Å². The van der Waals surface area contributed by atoms with E-state index in [1.54, 1.807) is 24.4 Å². The summed E-state index contributed by atoms with van der Waals surface area (Å²) < 4.78 is 3.48. The standard InChI is InChI=1S/C15H8BrN5O3/c16-13-8-12-15(22)19(9-3-5-10(6-4-9)21(23)24)14-11(20(12)18-13)2-1-7-17-14/h1-8H. The van der Waals surface area contributed by atoms with Gasteiger partial charge in [0.05, 0.1) is 10.6 Å². The van der Waals surface area contributed by atoms with Crippen LogP contribution in [-0.2, 0) is 0 Å². The molecule has 0 N–H and O–H groups in total. The van der Waals surface area contributed by atoms with Crippen molar-refractivity contribution in [2.75, 3.05) is 0 Å². The summed E-state index contributed by atoms with van der Waals surface area (Å²) in [7, 11) is 0. The number of nitro benzene ring substituents is 1. The molecule has 8 nitrogen and oxygen atoms in total. The molecule has 0 atom stereocenters. The Hall–Kier alpha value is -3.07. The van der Waals surface area contributed by atoms with E-state index in [1.165, 1.54) is 33.3 Å². The number of non-ortho nitro benzene ring substituents is 1. The van der Waals surface area contributed by atoms with Gasteiger partial charge in [-0.15, -0.1) is 0 Å². The summed E-state index contributed by atoms with van der Waals surface area (Å²) in [6, 6.07) is 10.9. The molecular weight excluding hydrogens is 378 g/mol. The topological polar surface area (TPSA) is 95.3 Å². The van der Waals surface area contributed by atoms with E-state index >= 15 is 0 Å². The second kappa shape index (κ2) is 5.24. The molecule has 9 heteroatoms. The minimum atomic E-state index is -0.486. The number of hydrogen-bond donors (Lipinski definition) is 0. The van der Waals surface area contributed by atoms with Crippen molar-refractivity contribution in [1.82, 2.24) is 19.2 Å². The highest BCUT2D eigenvalue weighted by Gasteiger charge is 2.15. The van der Waals surface area contributed by atoms with Gasteiger partial charge in [-0.25, -0.2) is 9.50 Å². The maximum atomic E-state index is 12.9. The first-order valence-electron chi connectivity index (χ1n) is 6.86. The fraction of sp³-hybridized carbons (Fsp3) is 0. The molecule has 0 saturated heterocycles. The second-order valence-electron chi connectivity index (χ2n) is 5.02. The highest BCUT2D eigenvalue weighted by Crippen LogP contribution is 2.20. The van der Waals surface area contributed by atoms with Crippen LogP contribution in [-0.4, -0.2) is 24.1 Å². The Morgan fingerprint density at radius 3 is 2.58 bits per heavy atom. The minimum Gasteiger partial charge on any atom is -0.266 e. The molecule has 0 radical (unpaired) electrons. The van der Waals surface area contributed by atoms with Crippen LogP contribution < -0.4 is 5.56 Å². The molecule has 0 fully saturated rings. The van der Waals surface area contributed by atoms with Crippen LogP contribution in [0.1, 0.15) is 0 Å². The highest BCUT2D eigenvalue weighted by molar-refractivity contribution is 9.10. The van der Waals surface area contributed by atoms with E-state index < -0.39 is 4.92 Å². The average Bonchev–Trinajstić information content (AvgIpc) is 2.98. The van der Waals surface area contributed by atoms with Crippen molar-refractivity contribution in [1.29, 1.82) is 0 Å². The molecule has 4 rings (SSSR count). The lowest BCUT2D eigenvalue weighted by atomic mass is 10.2. The molecule has 0 aliphatic rings. The van der Waals surface area contributed by atoms with Crippen molar-refractivity contribution in [3.8, 4) is 5.69 Å². The Balaban J connectivity index is 2.11. The van der Waals surface area contributed by atoms with Gasteiger partial charge >= 0.3 is 0 Å². The van der Waals surface area contributed by atoms with Gasteiger partial charge in [-0.2, -0.15) is 5.10 Å². The first kappa shape index (κ1) is 14.5. The van der Waals surface area contributed by atoms with Crippen LogP contribution >= 0.6 is 15.9 Å². The molecule has 0 saturated carbocycles. The maximum Gasteiger partial charge on any atom is 0.282 e. The summed E-state index contributed by atoms with van der Waals surface area (Å²) in [5.41, 5.74) is 1.58. The lowest BCUT2D eigenvalue weighted by Gasteiger charge is -2.10. The van der Waals surface area contributed by atoms with E-state index in [9.17, 15) is 14.9 Å². The lowest BCUT2D eigenvalue weighted by molar-refractivity contribution is -0.384. The number of nitro groups is 1. The average molecular weight is 386 g/mol. The van der Waals surface area contributed by atoms with Gasteiger partial charge in [0.2, 0.25) is 0 Å². The van der Waals surface area contributed by atoms with Gasteiger partial charge in [-0.1, -0.05) is 0 Å². The number of pyridine rings is 1. The quantitative estimate of drug-likeness (QED) is 0.390. The van der Waals surface area contributed by atoms with Crippen molar-refractivity contribution in [3.05, 3.63) is 73.7 Å². The zero-order valence-electron chi connectivity index (χ0n) is 12.0. The van der Waals surface area contributed by atoms with Crippen LogP contribution in [0.25, 0.3) is 22.4 Å². The van der Waals surface area contributed by atoms with Gasteiger partial charge < -0.3 is 0 Å². The van der Waals surface area contributed by atoms with E-state index in [0.717, 1.165) is 0 Å². The Kier molecular flexibility index (Phi) is 3.17. The van der Waals surface area contributed by atoms with Crippen molar-refractivity contribution < 1.29 is 4.92 Å². The van der Waals surface area contributed by atoms with Crippen molar-refractivity contribution >= 4 is 38.3 Å². The molecule has 1 aromatic carbocycles. The number of benzene rings is 1. The zero-order valence-corrected chi connectivity index (χ0v) is 13.5. The molecule has 24 heavy (non-hydrogen) atoms. The van der Waals surface area contributed by atoms with E-state index in [2.05, 4.69) is 26.0 Å². The monoisotopic (exact) mass is 385 g/mol.